The fourth-order valence-corrected chi connectivity index (χ4v) is 2.40. The highest BCUT2D eigenvalue weighted by Gasteiger charge is 2.36. The minimum atomic E-state index is -1.26. The molecule has 2 rings (SSSR count). The molecule has 0 saturated carbocycles. The van der Waals surface area contributed by atoms with E-state index in [4.69, 9.17) is 0 Å². The Bertz CT molecular complexity index is 514. The molecule has 0 spiro atoms. The predicted octanol–water partition coefficient (Wildman–Crippen LogP) is 0.592. The lowest BCUT2D eigenvalue weighted by atomic mass is 9.87. The Hall–Kier alpha value is -1.53. The summed E-state index contributed by atoms with van der Waals surface area (Å²) in [4.78, 5) is 4.15. The summed E-state index contributed by atoms with van der Waals surface area (Å²) in [6.45, 7) is 1.86. The number of rotatable bonds is 4. The van der Waals surface area contributed by atoms with Crippen molar-refractivity contribution in [1.29, 1.82) is 0 Å². The van der Waals surface area contributed by atoms with Gasteiger partial charge in [0.05, 0.1) is 6.04 Å². The summed E-state index contributed by atoms with van der Waals surface area (Å²) in [5, 5.41) is 39.6. The zero-order valence-electron chi connectivity index (χ0n) is 11.9. The van der Waals surface area contributed by atoms with Crippen LogP contribution in [0.25, 0.3) is 0 Å². The van der Waals surface area contributed by atoms with E-state index in [0.29, 0.717) is 17.6 Å². The van der Waals surface area contributed by atoms with E-state index in [1.807, 2.05) is 25.1 Å². The lowest BCUT2D eigenvalue weighted by molar-refractivity contribution is -0.0572. The zero-order chi connectivity index (χ0) is 15.4. The summed E-state index contributed by atoms with van der Waals surface area (Å²) in [6, 6.07) is 8.37. The van der Waals surface area contributed by atoms with Gasteiger partial charge in [0.25, 0.3) is 0 Å². The largest absolute Gasteiger partial charge is 0.388 e. The van der Waals surface area contributed by atoms with Crippen molar-refractivity contribution in [2.24, 2.45) is 4.99 Å². The van der Waals surface area contributed by atoms with E-state index in [2.05, 4.69) is 4.99 Å². The van der Waals surface area contributed by atoms with Crippen LogP contribution in [0, 0.1) is 0 Å². The highest BCUT2D eigenvalue weighted by molar-refractivity contribution is 5.66. The third-order valence-corrected chi connectivity index (χ3v) is 3.74. The second-order valence-corrected chi connectivity index (χ2v) is 5.17. The van der Waals surface area contributed by atoms with E-state index in [1.54, 1.807) is 18.2 Å². The van der Waals surface area contributed by atoms with Crippen LogP contribution in [0.2, 0.25) is 0 Å². The minimum Gasteiger partial charge on any atom is -0.388 e. The van der Waals surface area contributed by atoms with Gasteiger partial charge < -0.3 is 20.4 Å². The molecular weight excluding hydrogens is 270 g/mol. The van der Waals surface area contributed by atoms with E-state index in [0.717, 1.165) is 0 Å². The highest BCUT2D eigenvalue weighted by atomic mass is 16.4. The molecule has 114 valence electrons. The van der Waals surface area contributed by atoms with E-state index in [9.17, 15) is 20.4 Å². The first kappa shape index (κ1) is 15.9. The van der Waals surface area contributed by atoms with Crippen molar-refractivity contribution in [3.05, 3.63) is 47.5 Å². The van der Waals surface area contributed by atoms with Crippen LogP contribution in [-0.2, 0) is 0 Å². The molecule has 5 heteroatoms. The van der Waals surface area contributed by atoms with Crippen LogP contribution in [0.5, 0.6) is 0 Å². The Labute approximate surface area is 123 Å². The monoisotopic (exact) mass is 291 g/mol. The predicted molar refractivity (Wildman–Crippen MR) is 80.1 cm³/mol. The van der Waals surface area contributed by atoms with Crippen LogP contribution >= 0.6 is 0 Å². The number of aliphatic imine (C=N–C) groups is 1. The van der Waals surface area contributed by atoms with Gasteiger partial charge in [-0.15, -0.1) is 0 Å². The third-order valence-electron chi connectivity index (χ3n) is 3.74. The van der Waals surface area contributed by atoms with Crippen molar-refractivity contribution in [3.8, 4) is 0 Å². The molecule has 5 atom stereocenters. The maximum atomic E-state index is 10.0. The number of aliphatic hydroxyl groups is 4. The number of benzene rings is 1. The summed E-state index contributed by atoms with van der Waals surface area (Å²) in [5.41, 5.74) is 1.34. The quantitative estimate of drug-likeness (QED) is 0.482. The molecule has 5 unspecified atom stereocenters. The Balaban J connectivity index is 2.14. The molecule has 4 N–H and O–H groups in total. The van der Waals surface area contributed by atoms with Crippen LogP contribution in [0.4, 0.5) is 0 Å². The van der Waals surface area contributed by atoms with Crippen LogP contribution in [0.3, 0.4) is 0 Å². The summed E-state index contributed by atoms with van der Waals surface area (Å²) >= 11 is 0. The topological polar surface area (TPSA) is 93.3 Å². The van der Waals surface area contributed by atoms with Crippen molar-refractivity contribution >= 4 is 6.21 Å². The molecule has 0 fully saturated rings. The number of aliphatic hydroxyl groups excluding tert-OH is 4. The van der Waals surface area contributed by atoms with Gasteiger partial charge in [-0.2, -0.15) is 0 Å². The first-order valence-electron chi connectivity index (χ1n) is 7.05. The maximum absolute atomic E-state index is 10.0. The molecule has 0 saturated heterocycles. The average Bonchev–Trinajstić information content (AvgIpc) is 2.52. The van der Waals surface area contributed by atoms with Crippen molar-refractivity contribution in [2.45, 2.75) is 43.8 Å². The fraction of sp³-hybridized carbons (Fsp3) is 0.438. The standard InChI is InChI=1S/C16H21NO4/c1-2-10-8-12(15(20)16(21)14(10)19)17-9-13(18)11-6-4-3-5-7-11/h3-9,12-16,18-21H,2H2,1H3. The van der Waals surface area contributed by atoms with Gasteiger partial charge in [-0.1, -0.05) is 43.3 Å². The Kier molecular flexibility index (Phi) is 5.25. The van der Waals surface area contributed by atoms with E-state index >= 15 is 0 Å². The molecule has 5 nitrogen and oxygen atoms in total. The molecule has 1 aliphatic carbocycles. The van der Waals surface area contributed by atoms with Gasteiger partial charge in [-0.05, 0) is 17.6 Å². The van der Waals surface area contributed by atoms with Gasteiger partial charge in [-0.25, -0.2) is 0 Å². The molecule has 0 radical (unpaired) electrons. The molecule has 0 amide bonds. The lowest BCUT2D eigenvalue weighted by Crippen LogP contribution is -2.47. The average molecular weight is 291 g/mol. The molecule has 1 aliphatic rings. The van der Waals surface area contributed by atoms with Crippen LogP contribution in [-0.4, -0.2) is 51.0 Å². The molecular formula is C16H21NO4. The lowest BCUT2D eigenvalue weighted by Gasteiger charge is -2.32. The normalized spacial score (nSPS) is 31.2. The van der Waals surface area contributed by atoms with Gasteiger partial charge in [0.15, 0.2) is 0 Å². The van der Waals surface area contributed by atoms with E-state index < -0.39 is 30.5 Å². The Morgan fingerprint density at radius 2 is 1.81 bits per heavy atom. The third kappa shape index (κ3) is 3.57. The number of nitrogens with zero attached hydrogens (tertiary/aromatic N) is 1. The number of hydrogen-bond acceptors (Lipinski definition) is 5. The SMILES string of the molecule is CCC1=CC(N=CC(O)c2ccccc2)C(O)C(O)C1O. The summed E-state index contributed by atoms with van der Waals surface area (Å²) < 4.78 is 0. The van der Waals surface area contributed by atoms with Gasteiger partial charge in [-0.3, -0.25) is 4.99 Å². The molecule has 0 aromatic heterocycles. The van der Waals surface area contributed by atoms with Crippen LogP contribution in [0.15, 0.2) is 47.0 Å². The maximum Gasteiger partial charge on any atom is 0.114 e. The molecule has 1 aromatic carbocycles. The Morgan fingerprint density at radius 1 is 1.14 bits per heavy atom. The van der Waals surface area contributed by atoms with Crippen molar-refractivity contribution in [2.75, 3.05) is 0 Å². The second kappa shape index (κ2) is 6.95. The smallest absolute Gasteiger partial charge is 0.114 e. The summed E-state index contributed by atoms with van der Waals surface area (Å²) in [6.07, 6.45) is -0.821. The van der Waals surface area contributed by atoms with E-state index in [-0.39, 0.29) is 0 Å². The van der Waals surface area contributed by atoms with Gasteiger partial charge in [0, 0.05) is 6.21 Å². The van der Waals surface area contributed by atoms with Crippen molar-refractivity contribution in [1.82, 2.24) is 0 Å². The number of hydrogen-bond donors (Lipinski definition) is 4. The molecule has 1 aromatic rings. The first-order valence-corrected chi connectivity index (χ1v) is 7.05. The second-order valence-electron chi connectivity index (χ2n) is 5.17. The first-order chi connectivity index (χ1) is 10.0. The van der Waals surface area contributed by atoms with Crippen molar-refractivity contribution < 1.29 is 20.4 Å². The highest BCUT2D eigenvalue weighted by Crippen LogP contribution is 2.24. The molecule has 0 heterocycles. The van der Waals surface area contributed by atoms with Crippen LogP contribution < -0.4 is 0 Å². The van der Waals surface area contributed by atoms with E-state index in [1.165, 1.54) is 6.21 Å². The van der Waals surface area contributed by atoms with Crippen molar-refractivity contribution in [3.63, 3.8) is 0 Å². The summed E-state index contributed by atoms with van der Waals surface area (Å²) in [5.74, 6) is 0. The van der Waals surface area contributed by atoms with Gasteiger partial charge in [0.1, 0.15) is 24.4 Å². The van der Waals surface area contributed by atoms with Gasteiger partial charge >= 0.3 is 0 Å². The molecule has 0 bridgehead atoms. The summed E-state index contributed by atoms with van der Waals surface area (Å²) in [7, 11) is 0. The van der Waals surface area contributed by atoms with Gasteiger partial charge in [0.2, 0.25) is 0 Å². The molecule has 0 aliphatic heterocycles. The molecule has 21 heavy (non-hydrogen) atoms. The van der Waals surface area contributed by atoms with Crippen LogP contribution in [0.1, 0.15) is 25.0 Å². The zero-order valence-corrected chi connectivity index (χ0v) is 11.9. The minimum absolute atomic E-state index is 0.568. The fourth-order valence-electron chi connectivity index (χ4n) is 2.40. The Morgan fingerprint density at radius 3 is 2.43 bits per heavy atom.